The lowest BCUT2D eigenvalue weighted by molar-refractivity contribution is 0.0966. The first-order valence-electron chi connectivity index (χ1n) is 7.74. The van der Waals surface area contributed by atoms with Gasteiger partial charge in [0.05, 0.1) is 16.0 Å². The number of aryl methyl sites for hydroxylation is 1. The number of thiazole rings is 1. The average molecular weight is 369 g/mol. The molecule has 0 bridgehead atoms. The first kappa shape index (κ1) is 16.3. The van der Waals surface area contributed by atoms with Gasteiger partial charge >= 0.3 is 0 Å². The minimum Gasteiger partial charge on any atom is -0.463 e. The Bertz CT molecular complexity index is 1160. The van der Waals surface area contributed by atoms with Crippen molar-refractivity contribution in [3.05, 3.63) is 69.4 Å². The molecule has 0 fully saturated rings. The highest BCUT2D eigenvalue weighted by Gasteiger charge is 2.19. The second-order valence-corrected chi connectivity index (χ2v) is 6.83. The number of nitrogens with zero attached hydrogens (tertiary/aromatic N) is 3. The SMILES string of the molecule is Cc1nc2c(=O)n(CC(=O)c3ccc(F)cc3)nc(-c3ccco3)c2s1. The summed E-state index contributed by atoms with van der Waals surface area (Å²) < 4.78 is 20.1. The highest BCUT2D eigenvalue weighted by Crippen LogP contribution is 2.29. The first-order chi connectivity index (χ1) is 12.5. The van der Waals surface area contributed by atoms with Crippen LogP contribution in [0.4, 0.5) is 4.39 Å². The molecule has 26 heavy (non-hydrogen) atoms. The van der Waals surface area contributed by atoms with E-state index >= 15 is 0 Å². The van der Waals surface area contributed by atoms with Gasteiger partial charge in [-0.3, -0.25) is 9.59 Å². The number of furan rings is 1. The Morgan fingerprint density at radius 1 is 1.27 bits per heavy atom. The van der Waals surface area contributed by atoms with Crippen molar-refractivity contribution in [2.75, 3.05) is 0 Å². The summed E-state index contributed by atoms with van der Waals surface area (Å²) in [7, 11) is 0. The fraction of sp³-hybridized carbons (Fsp3) is 0.111. The molecule has 0 amide bonds. The Balaban J connectivity index is 1.82. The Morgan fingerprint density at radius 3 is 2.73 bits per heavy atom. The molecule has 0 aliphatic heterocycles. The molecule has 0 atom stereocenters. The summed E-state index contributed by atoms with van der Waals surface area (Å²) in [5.41, 5.74) is 0.562. The minimum absolute atomic E-state index is 0.251. The van der Waals surface area contributed by atoms with Crippen molar-refractivity contribution in [1.82, 2.24) is 14.8 Å². The Kier molecular flexibility index (Phi) is 3.96. The van der Waals surface area contributed by atoms with Gasteiger partial charge in [0.1, 0.15) is 18.1 Å². The average Bonchev–Trinajstić information content (AvgIpc) is 3.27. The maximum absolute atomic E-state index is 13.0. The monoisotopic (exact) mass is 369 g/mol. The molecule has 1 aromatic carbocycles. The van der Waals surface area contributed by atoms with Crippen LogP contribution in [0, 0.1) is 12.7 Å². The van der Waals surface area contributed by atoms with E-state index < -0.39 is 11.4 Å². The third kappa shape index (κ3) is 2.84. The number of carbonyl (C=O) groups is 1. The van der Waals surface area contributed by atoms with Crippen LogP contribution in [-0.2, 0) is 6.54 Å². The van der Waals surface area contributed by atoms with Gasteiger partial charge in [-0.05, 0) is 43.3 Å². The van der Waals surface area contributed by atoms with Gasteiger partial charge < -0.3 is 4.42 Å². The summed E-state index contributed by atoms with van der Waals surface area (Å²) in [6.45, 7) is 1.52. The lowest BCUT2D eigenvalue weighted by Crippen LogP contribution is -2.27. The predicted molar refractivity (Wildman–Crippen MR) is 94.8 cm³/mol. The predicted octanol–water partition coefficient (Wildman–Crippen LogP) is 3.44. The van der Waals surface area contributed by atoms with E-state index in [0.29, 0.717) is 26.7 Å². The van der Waals surface area contributed by atoms with Crippen molar-refractivity contribution in [3.63, 3.8) is 0 Å². The van der Waals surface area contributed by atoms with Crippen molar-refractivity contribution < 1.29 is 13.6 Å². The van der Waals surface area contributed by atoms with Crippen LogP contribution in [0.3, 0.4) is 0 Å². The maximum Gasteiger partial charge on any atom is 0.294 e. The molecule has 0 N–H and O–H groups in total. The molecule has 0 aliphatic rings. The summed E-state index contributed by atoms with van der Waals surface area (Å²) in [5, 5.41) is 5.04. The van der Waals surface area contributed by atoms with Crippen LogP contribution in [0.5, 0.6) is 0 Å². The fourth-order valence-corrected chi connectivity index (χ4v) is 3.51. The number of fused-ring (bicyclic) bond motifs is 1. The molecule has 3 heterocycles. The Hall–Kier alpha value is -3.13. The summed E-state index contributed by atoms with van der Waals surface area (Å²) in [6.07, 6.45) is 1.51. The number of Topliss-reactive ketones (excluding diaryl/α,β-unsaturated/α-hetero) is 1. The molecule has 3 aromatic heterocycles. The van der Waals surface area contributed by atoms with Crippen LogP contribution in [0.15, 0.2) is 51.9 Å². The molecule has 0 radical (unpaired) electrons. The topological polar surface area (TPSA) is 78.0 Å². The van der Waals surface area contributed by atoms with Crippen LogP contribution in [0.25, 0.3) is 21.7 Å². The third-order valence-corrected chi connectivity index (χ3v) is 4.80. The van der Waals surface area contributed by atoms with Gasteiger partial charge in [0.25, 0.3) is 5.56 Å². The lowest BCUT2D eigenvalue weighted by atomic mass is 10.1. The van der Waals surface area contributed by atoms with E-state index in [9.17, 15) is 14.0 Å². The minimum atomic E-state index is -0.449. The zero-order chi connectivity index (χ0) is 18.3. The van der Waals surface area contributed by atoms with Gasteiger partial charge in [0, 0.05) is 5.56 Å². The zero-order valence-corrected chi connectivity index (χ0v) is 14.4. The molecule has 0 spiro atoms. The number of carbonyl (C=O) groups excluding carboxylic acids is 1. The molecule has 4 rings (SSSR count). The van der Waals surface area contributed by atoms with Crippen LogP contribution in [-0.4, -0.2) is 20.5 Å². The number of halogens is 1. The number of ketones is 1. The van der Waals surface area contributed by atoms with E-state index in [-0.39, 0.29) is 17.8 Å². The van der Waals surface area contributed by atoms with Crippen LogP contribution < -0.4 is 5.56 Å². The summed E-state index contributed by atoms with van der Waals surface area (Å²) in [6, 6.07) is 8.60. The highest BCUT2D eigenvalue weighted by molar-refractivity contribution is 7.19. The molecule has 6 nitrogen and oxygen atoms in total. The molecule has 4 aromatic rings. The van der Waals surface area contributed by atoms with Crippen LogP contribution in [0.1, 0.15) is 15.4 Å². The Morgan fingerprint density at radius 2 is 2.04 bits per heavy atom. The largest absolute Gasteiger partial charge is 0.463 e. The van der Waals surface area contributed by atoms with Gasteiger partial charge in [-0.25, -0.2) is 14.1 Å². The van der Waals surface area contributed by atoms with Gasteiger partial charge in [-0.1, -0.05) is 0 Å². The third-order valence-electron chi connectivity index (χ3n) is 3.82. The Labute approximate surface area is 150 Å². The van der Waals surface area contributed by atoms with E-state index in [0.717, 1.165) is 4.68 Å². The molecule has 130 valence electrons. The molecular formula is C18H12FN3O3S. The van der Waals surface area contributed by atoms with E-state index in [1.54, 1.807) is 19.1 Å². The quantitative estimate of drug-likeness (QED) is 0.515. The van der Waals surface area contributed by atoms with Crippen molar-refractivity contribution >= 4 is 27.3 Å². The molecule has 0 saturated heterocycles. The van der Waals surface area contributed by atoms with E-state index in [4.69, 9.17) is 4.42 Å². The lowest BCUT2D eigenvalue weighted by Gasteiger charge is -2.07. The van der Waals surface area contributed by atoms with E-state index in [1.807, 2.05) is 0 Å². The van der Waals surface area contributed by atoms with Crippen molar-refractivity contribution in [3.8, 4) is 11.5 Å². The molecule has 0 saturated carbocycles. The first-order valence-corrected chi connectivity index (χ1v) is 8.55. The van der Waals surface area contributed by atoms with Gasteiger partial charge in [-0.15, -0.1) is 11.3 Å². The molecule has 8 heteroatoms. The normalized spacial score (nSPS) is 11.2. The highest BCUT2D eigenvalue weighted by atomic mass is 32.1. The van der Waals surface area contributed by atoms with E-state index in [2.05, 4.69) is 10.1 Å². The second kappa shape index (κ2) is 6.30. The number of rotatable bonds is 4. The summed E-state index contributed by atoms with van der Waals surface area (Å²) in [4.78, 5) is 29.4. The van der Waals surface area contributed by atoms with Crippen molar-refractivity contribution in [1.29, 1.82) is 0 Å². The van der Waals surface area contributed by atoms with E-state index in [1.165, 1.54) is 41.9 Å². The molecule has 0 aliphatic carbocycles. The molecule has 0 unspecified atom stereocenters. The second-order valence-electron chi connectivity index (χ2n) is 5.63. The number of hydrogen-bond acceptors (Lipinski definition) is 6. The van der Waals surface area contributed by atoms with Crippen molar-refractivity contribution in [2.45, 2.75) is 13.5 Å². The standard InChI is InChI=1S/C18H12FN3O3S/c1-10-20-16-17(26-10)15(14-3-2-8-25-14)21-22(18(16)24)9-13(23)11-4-6-12(19)7-5-11/h2-8H,9H2,1H3. The van der Waals surface area contributed by atoms with Crippen molar-refractivity contribution in [2.24, 2.45) is 0 Å². The maximum atomic E-state index is 13.0. The van der Waals surface area contributed by atoms with Crippen LogP contribution in [0.2, 0.25) is 0 Å². The zero-order valence-electron chi connectivity index (χ0n) is 13.6. The number of aromatic nitrogens is 3. The smallest absolute Gasteiger partial charge is 0.294 e. The van der Waals surface area contributed by atoms with Gasteiger partial charge in [0.15, 0.2) is 17.1 Å². The fourth-order valence-electron chi connectivity index (χ4n) is 2.61. The van der Waals surface area contributed by atoms with Gasteiger partial charge in [-0.2, -0.15) is 5.10 Å². The number of benzene rings is 1. The summed E-state index contributed by atoms with van der Waals surface area (Å²) in [5.74, 6) is -0.297. The molecular weight excluding hydrogens is 357 g/mol. The summed E-state index contributed by atoms with van der Waals surface area (Å²) >= 11 is 1.34. The van der Waals surface area contributed by atoms with Crippen LogP contribution >= 0.6 is 11.3 Å². The number of hydrogen-bond donors (Lipinski definition) is 0. The van der Waals surface area contributed by atoms with Gasteiger partial charge in [0.2, 0.25) is 0 Å².